The van der Waals surface area contributed by atoms with Gasteiger partial charge in [0.05, 0.1) is 17.4 Å². The molecule has 1 N–H and O–H groups in total. The molecule has 8 atom stereocenters. The molecule has 4 fully saturated rings. The highest BCUT2D eigenvalue weighted by Gasteiger charge is 2.86. The second-order valence-corrected chi connectivity index (χ2v) is 10.5. The maximum Gasteiger partial charge on any atom is 0.316 e. The van der Waals surface area contributed by atoms with E-state index in [1.165, 1.54) is 6.08 Å². The first kappa shape index (κ1) is 20.8. The van der Waals surface area contributed by atoms with Crippen molar-refractivity contribution in [2.75, 3.05) is 0 Å². The number of aliphatic hydroxyl groups is 1. The van der Waals surface area contributed by atoms with Crippen LogP contribution in [0.15, 0.2) is 54.6 Å². The Labute approximate surface area is 190 Å². The largest absolute Gasteiger partial charge is 0.461 e. The molecule has 3 saturated carbocycles. The predicted molar refractivity (Wildman–Crippen MR) is 113 cm³/mol. The van der Waals surface area contributed by atoms with Crippen molar-refractivity contribution < 1.29 is 33.4 Å². The summed E-state index contributed by atoms with van der Waals surface area (Å²) in [7, 11) is 0. The molecule has 33 heavy (non-hydrogen) atoms. The van der Waals surface area contributed by atoms with E-state index in [2.05, 4.69) is 6.58 Å². The van der Waals surface area contributed by atoms with Gasteiger partial charge in [-0.25, -0.2) is 4.39 Å². The van der Waals surface area contributed by atoms with Gasteiger partial charge >= 0.3 is 11.9 Å². The molecule has 0 amide bonds. The minimum atomic E-state index is -1.89. The average molecular weight is 452 g/mol. The molecule has 1 saturated heterocycles. The van der Waals surface area contributed by atoms with Crippen LogP contribution >= 0.6 is 0 Å². The van der Waals surface area contributed by atoms with E-state index in [-0.39, 0.29) is 31.4 Å². The highest BCUT2D eigenvalue weighted by molar-refractivity contribution is 6.08. The van der Waals surface area contributed by atoms with Crippen molar-refractivity contribution in [3.8, 4) is 0 Å². The Morgan fingerprint density at radius 3 is 2.76 bits per heavy atom. The van der Waals surface area contributed by atoms with Crippen LogP contribution in [0.4, 0.5) is 4.39 Å². The minimum Gasteiger partial charge on any atom is -0.461 e. The number of esters is 2. The van der Waals surface area contributed by atoms with Crippen LogP contribution in [0.1, 0.15) is 31.7 Å². The fraction of sp³-hybridized carbons (Fsp3) is 0.500. The summed E-state index contributed by atoms with van der Waals surface area (Å²) in [6, 6.07) is 9.11. The topological polar surface area (TPSA) is 89.9 Å². The summed E-state index contributed by atoms with van der Waals surface area (Å²) in [5, 5.41) is 10.8. The molecule has 6 nitrogen and oxygen atoms in total. The van der Waals surface area contributed by atoms with Crippen molar-refractivity contribution in [1.82, 2.24) is 0 Å². The number of fused-ring (bicyclic) bond motifs is 1. The molecule has 172 valence electrons. The van der Waals surface area contributed by atoms with Crippen LogP contribution in [-0.4, -0.2) is 40.2 Å². The lowest BCUT2D eigenvalue weighted by molar-refractivity contribution is -0.168. The fourth-order valence-electron chi connectivity index (χ4n) is 7.67. The van der Waals surface area contributed by atoms with Gasteiger partial charge in [-0.2, -0.15) is 0 Å². The van der Waals surface area contributed by atoms with E-state index < -0.39 is 63.7 Å². The van der Waals surface area contributed by atoms with Crippen molar-refractivity contribution >= 4 is 17.7 Å². The Bertz CT molecular complexity index is 1140. The standard InChI is InChI=1S/C26H25FO6/c1-14-20(29)25-13-24(14,27)10-8-16(25)26-11-9-17(28)23(2,22(31)33-26)19(26)18(25)21(30)32-12-15-6-4-3-5-7-15/h3-7,9,11,16-19,28H,1,8,10,12-13H2,2H3/t16-,17+,18-,19-,23+,24+,25-,26-/m1/s1. The molecule has 4 bridgehead atoms. The Morgan fingerprint density at radius 2 is 2.03 bits per heavy atom. The molecule has 4 aliphatic carbocycles. The number of allylic oxidation sites excluding steroid dienone is 1. The van der Waals surface area contributed by atoms with Crippen LogP contribution < -0.4 is 0 Å². The molecule has 0 radical (unpaired) electrons. The maximum atomic E-state index is 15.8. The van der Waals surface area contributed by atoms with Crippen molar-refractivity contribution in [3.05, 3.63) is 60.2 Å². The number of ether oxygens (including phenoxy) is 2. The zero-order chi connectivity index (χ0) is 23.4. The van der Waals surface area contributed by atoms with Gasteiger partial charge in [0.15, 0.2) is 5.78 Å². The number of rotatable bonds is 3. The monoisotopic (exact) mass is 452 g/mol. The molecule has 0 aromatic heterocycles. The fourth-order valence-corrected chi connectivity index (χ4v) is 7.67. The first-order valence-electron chi connectivity index (χ1n) is 11.4. The van der Waals surface area contributed by atoms with Crippen LogP contribution in [-0.2, 0) is 30.5 Å². The molecular formula is C26H25FO6. The molecule has 1 aromatic rings. The molecular weight excluding hydrogens is 427 g/mol. The van der Waals surface area contributed by atoms with Crippen LogP contribution in [0.5, 0.6) is 0 Å². The number of halogens is 1. The normalized spacial score (nSPS) is 46.7. The zero-order valence-electron chi connectivity index (χ0n) is 18.3. The summed E-state index contributed by atoms with van der Waals surface area (Å²) in [5.74, 6) is -4.33. The lowest BCUT2D eigenvalue weighted by Gasteiger charge is -2.42. The van der Waals surface area contributed by atoms with Crippen LogP contribution in [0.3, 0.4) is 0 Å². The van der Waals surface area contributed by atoms with Crippen molar-refractivity contribution in [2.45, 2.75) is 50.2 Å². The minimum absolute atomic E-state index is 0.0174. The number of benzene rings is 1. The maximum absolute atomic E-state index is 15.8. The van der Waals surface area contributed by atoms with Gasteiger partial charge in [0.1, 0.15) is 23.3 Å². The average Bonchev–Trinajstić information content (AvgIpc) is 3.21. The molecule has 1 aromatic carbocycles. The van der Waals surface area contributed by atoms with Crippen LogP contribution in [0.2, 0.25) is 0 Å². The van der Waals surface area contributed by atoms with Gasteiger partial charge in [-0.1, -0.05) is 43.0 Å². The van der Waals surface area contributed by atoms with Crippen molar-refractivity contribution in [1.29, 1.82) is 0 Å². The summed E-state index contributed by atoms with van der Waals surface area (Å²) in [6.45, 7) is 5.32. The van der Waals surface area contributed by atoms with E-state index in [0.29, 0.717) is 0 Å². The van der Waals surface area contributed by atoms with E-state index in [1.54, 1.807) is 13.0 Å². The summed E-state index contributed by atoms with van der Waals surface area (Å²) in [4.78, 5) is 40.5. The number of carbonyl (C=O) groups is 3. The van der Waals surface area contributed by atoms with Gasteiger partial charge in [-0.05, 0) is 37.8 Å². The number of ketones is 1. The summed E-state index contributed by atoms with van der Waals surface area (Å²) in [6.07, 6.45) is 2.12. The van der Waals surface area contributed by atoms with E-state index in [0.717, 1.165) is 5.56 Å². The number of alkyl halides is 1. The third kappa shape index (κ3) is 2.20. The van der Waals surface area contributed by atoms with Crippen molar-refractivity contribution in [2.24, 2.45) is 28.6 Å². The van der Waals surface area contributed by atoms with E-state index in [9.17, 15) is 19.5 Å². The Balaban J connectivity index is 1.50. The number of hydrogen-bond acceptors (Lipinski definition) is 6. The molecule has 1 spiro atoms. The number of hydrogen-bond donors (Lipinski definition) is 1. The van der Waals surface area contributed by atoms with Crippen LogP contribution in [0.25, 0.3) is 0 Å². The number of aliphatic hydroxyl groups excluding tert-OH is 1. The summed E-state index contributed by atoms with van der Waals surface area (Å²) < 4.78 is 27.5. The van der Waals surface area contributed by atoms with Gasteiger partial charge < -0.3 is 14.6 Å². The van der Waals surface area contributed by atoms with Gasteiger partial charge in [0.2, 0.25) is 0 Å². The molecule has 5 aliphatic rings. The lowest BCUT2D eigenvalue weighted by atomic mass is 9.61. The number of Topliss-reactive ketones (excluding diaryl/α,β-unsaturated/α-hetero) is 1. The Hall–Kier alpha value is -2.80. The quantitative estimate of drug-likeness (QED) is 0.431. The van der Waals surface area contributed by atoms with E-state index in [1.807, 2.05) is 30.3 Å². The second kappa shape index (κ2) is 6.20. The smallest absolute Gasteiger partial charge is 0.316 e. The Morgan fingerprint density at radius 1 is 1.30 bits per heavy atom. The predicted octanol–water partition coefficient (Wildman–Crippen LogP) is 2.84. The zero-order valence-corrected chi connectivity index (χ0v) is 18.3. The second-order valence-electron chi connectivity index (χ2n) is 10.5. The van der Waals surface area contributed by atoms with Gasteiger partial charge in [0.25, 0.3) is 0 Å². The summed E-state index contributed by atoms with van der Waals surface area (Å²) in [5.41, 5.74) is -5.36. The van der Waals surface area contributed by atoms with E-state index in [4.69, 9.17) is 9.47 Å². The third-order valence-electron chi connectivity index (χ3n) is 9.17. The van der Waals surface area contributed by atoms with Gasteiger partial charge in [-0.3, -0.25) is 14.4 Å². The summed E-state index contributed by atoms with van der Waals surface area (Å²) >= 11 is 0. The Kier molecular flexibility index (Phi) is 3.90. The van der Waals surface area contributed by atoms with E-state index >= 15 is 4.39 Å². The van der Waals surface area contributed by atoms with Crippen molar-refractivity contribution in [3.63, 3.8) is 0 Å². The molecule has 0 unspecified atom stereocenters. The van der Waals surface area contributed by atoms with Crippen LogP contribution in [0, 0.1) is 28.6 Å². The molecule has 7 heteroatoms. The SMILES string of the molecule is C=C1C(=O)[C@]23C[C@@]1(F)CC[C@H]2[C@@]12C=C[C@H](O)[C@](C)(C(=O)O1)[C@H]2[C@@H]3C(=O)OCc1ccccc1. The molecule has 6 rings (SSSR count). The first-order valence-corrected chi connectivity index (χ1v) is 11.4. The molecule has 1 heterocycles. The molecule has 1 aliphatic heterocycles. The highest BCUT2D eigenvalue weighted by atomic mass is 19.1. The lowest BCUT2D eigenvalue weighted by Crippen LogP contribution is -2.51. The third-order valence-corrected chi connectivity index (χ3v) is 9.17. The van der Waals surface area contributed by atoms with Gasteiger partial charge in [0, 0.05) is 17.4 Å². The number of carbonyl (C=O) groups excluding carboxylic acids is 3. The van der Waals surface area contributed by atoms with Gasteiger partial charge in [-0.15, -0.1) is 0 Å². The highest BCUT2D eigenvalue weighted by Crippen LogP contribution is 2.77. The first-order chi connectivity index (χ1) is 15.6.